The summed E-state index contributed by atoms with van der Waals surface area (Å²) in [7, 11) is 0. The SMILES string of the molecule is CCN(CC)c1nc(-c2cccc(C(F)(F)F)c2)nc(N2CCN(c3ncccc3C(F)(F)F)CC2)n1. The molecule has 0 bridgehead atoms. The van der Waals surface area contributed by atoms with Crippen LogP contribution in [0.4, 0.5) is 44.1 Å². The number of benzene rings is 1. The number of pyridine rings is 1. The fourth-order valence-corrected chi connectivity index (χ4v) is 4.10. The van der Waals surface area contributed by atoms with Gasteiger partial charge in [0.15, 0.2) is 5.82 Å². The number of piperazine rings is 1. The van der Waals surface area contributed by atoms with Gasteiger partial charge in [0.25, 0.3) is 0 Å². The van der Waals surface area contributed by atoms with E-state index in [4.69, 9.17) is 0 Å². The average Bonchev–Trinajstić information content (AvgIpc) is 2.88. The van der Waals surface area contributed by atoms with Crippen molar-refractivity contribution >= 4 is 17.7 Å². The fourth-order valence-electron chi connectivity index (χ4n) is 4.10. The van der Waals surface area contributed by atoms with Gasteiger partial charge in [-0.15, -0.1) is 0 Å². The molecule has 3 aromatic rings. The van der Waals surface area contributed by atoms with Crippen molar-refractivity contribution in [3.8, 4) is 11.4 Å². The van der Waals surface area contributed by atoms with Crippen LogP contribution in [0.15, 0.2) is 42.6 Å². The van der Waals surface area contributed by atoms with Gasteiger partial charge in [0.05, 0.1) is 11.1 Å². The highest BCUT2D eigenvalue weighted by molar-refractivity contribution is 5.60. The summed E-state index contributed by atoms with van der Waals surface area (Å²) in [6, 6.07) is 7.00. The first-order valence-corrected chi connectivity index (χ1v) is 11.7. The Balaban J connectivity index is 1.65. The third kappa shape index (κ3) is 5.86. The molecule has 13 heteroatoms. The molecule has 0 saturated carbocycles. The second-order valence-electron chi connectivity index (χ2n) is 8.36. The molecule has 1 saturated heterocycles. The molecule has 2 aromatic heterocycles. The summed E-state index contributed by atoms with van der Waals surface area (Å²) < 4.78 is 80.3. The molecule has 0 aliphatic carbocycles. The van der Waals surface area contributed by atoms with Crippen LogP contribution in [0, 0.1) is 0 Å². The van der Waals surface area contributed by atoms with Crippen LogP contribution in [0.25, 0.3) is 11.4 Å². The predicted octanol–water partition coefficient (Wildman–Crippen LogP) is 5.14. The summed E-state index contributed by atoms with van der Waals surface area (Å²) in [5.41, 5.74) is -1.44. The second-order valence-corrected chi connectivity index (χ2v) is 8.36. The van der Waals surface area contributed by atoms with Gasteiger partial charge < -0.3 is 14.7 Å². The van der Waals surface area contributed by atoms with E-state index in [0.29, 0.717) is 19.0 Å². The summed E-state index contributed by atoms with van der Waals surface area (Å²) in [4.78, 5) is 22.6. The molecule has 0 unspecified atom stereocenters. The molecule has 0 spiro atoms. The normalized spacial score (nSPS) is 14.7. The number of halogens is 6. The lowest BCUT2D eigenvalue weighted by Crippen LogP contribution is -2.48. The Labute approximate surface area is 209 Å². The summed E-state index contributed by atoms with van der Waals surface area (Å²) in [5, 5.41) is 0. The lowest BCUT2D eigenvalue weighted by molar-refractivity contribution is -0.138. The highest BCUT2D eigenvalue weighted by atomic mass is 19.4. The summed E-state index contributed by atoms with van der Waals surface area (Å²) in [6.07, 6.45) is -7.74. The number of nitrogens with zero attached hydrogens (tertiary/aromatic N) is 7. The Morgan fingerprint density at radius 3 is 2.11 bits per heavy atom. The van der Waals surface area contributed by atoms with E-state index in [0.717, 1.165) is 18.2 Å². The molecule has 0 atom stereocenters. The third-order valence-electron chi connectivity index (χ3n) is 6.06. The molecule has 1 aliphatic rings. The predicted molar refractivity (Wildman–Crippen MR) is 127 cm³/mol. The molecule has 1 fully saturated rings. The van der Waals surface area contributed by atoms with E-state index in [-0.39, 0.29) is 49.3 Å². The standard InChI is InChI=1S/C24H25F6N7/c1-3-35(4-2)21-32-19(16-7-5-8-17(15-16)23(25,26)27)33-22(34-21)37-13-11-36(12-14-37)20-18(24(28,29)30)9-6-10-31-20/h5-10,15H,3-4,11-14H2,1-2H3. The van der Waals surface area contributed by atoms with Crippen LogP contribution < -0.4 is 14.7 Å². The molecule has 1 aliphatic heterocycles. The molecule has 0 amide bonds. The maximum atomic E-state index is 13.5. The van der Waals surface area contributed by atoms with Gasteiger partial charge in [-0.25, -0.2) is 4.98 Å². The average molecular weight is 526 g/mol. The van der Waals surface area contributed by atoms with E-state index in [2.05, 4.69) is 19.9 Å². The summed E-state index contributed by atoms with van der Waals surface area (Å²) in [5.74, 6) is 0.512. The molecule has 0 N–H and O–H groups in total. The minimum Gasteiger partial charge on any atom is -0.353 e. The minimum atomic E-state index is -4.53. The fraction of sp³-hybridized carbons (Fsp3) is 0.417. The number of hydrogen-bond donors (Lipinski definition) is 0. The zero-order valence-electron chi connectivity index (χ0n) is 20.2. The van der Waals surface area contributed by atoms with Gasteiger partial charge in [-0.3, -0.25) is 0 Å². The topological polar surface area (TPSA) is 61.3 Å². The molecule has 3 heterocycles. The summed E-state index contributed by atoms with van der Waals surface area (Å²) in [6.45, 7) is 5.97. The molecular formula is C24H25F6N7. The van der Waals surface area contributed by atoms with Crippen molar-refractivity contribution in [3.05, 3.63) is 53.7 Å². The Morgan fingerprint density at radius 1 is 0.811 bits per heavy atom. The number of hydrogen-bond acceptors (Lipinski definition) is 7. The lowest BCUT2D eigenvalue weighted by Gasteiger charge is -2.36. The zero-order chi connectivity index (χ0) is 26.8. The highest BCUT2D eigenvalue weighted by Gasteiger charge is 2.36. The van der Waals surface area contributed by atoms with Gasteiger partial charge in [-0.1, -0.05) is 12.1 Å². The van der Waals surface area contributed by atoms with E-state index in [1.54, 1.807) is 9.80 Å². The van der Waals surface area contributed by atoms with Gasteiger partial charge in [0, 0.05) is 51.0 Å². The number of alkyl halides is 6. The monoisotopic (exact) mass is 525 g/mol. The molecule has 7 nitrogen and oxygen atoms in total. The molecule has 37 heavy (non-hydrogen) atoms. The van der Waals surface area contributed by atoms with Gasteiger partial charge >= 0.3 is 12.4 Å². The number of anilines is 3. The summed E-state index contributed by atoms with van der Waals surface area (Å²) >= 11 is 0. The van der Waals surface area contributed by atoms with E-state index >= 15 is 0 Å². The molecular weight excluding hydrogens is 500 g/mol. The lowest BCUT2D eigenvalue weighted by atomic mass is 10.1. The molecule has 0 radical (unpaired) electrons. The first-order chi connectivity index (χ1) is 17.5. The van der Waals surface area contributed by atoms with Gasteiger partial charge in [-0.05, 0) is 38.1 Å². The van der Waals surface area contributed by atoms with Crippen LogP contribution in [0.2, 0.25) is 0 Å². The van der Waals surface area contributed by atoms with Crippen molar-refractivity contribution in [2.75, 3.05) is 54.0 Å². The van der Waals surface area contributed by atoms with E-state index in [1.165, 1.54) is 24.4 Å². The Morgan fingerprint density at radius 2 is 1.49 bits per heavy atom. The van der Waals surface area contributed by atoms with Crippen molar-refractivity contribution in [3.63, 3.8) is 0 Å². The smallest absolute Gasteiger partial charge is 0.353 e. The maximum absolute atomic E-state index is 13.5. The van der Waals surface area contributed by atoms with Crippen molar-refractivity contribution < 1.29 is 26.3 Å². The maximum Gasteiger partial charge on any atom is 0.419 e. The largest absolute Gasteiger partial charge is 0.419 e. The zero-order valence-corrected chi connectivity index (χ0v) is 20.2. The van der Waals surface area contributed by atoms with E-state index in [9.17, 15) is 26.3 Å². The van der Waals surface area contributed by atoms with Crippen LogP contribution in [0.3, 0.4) is 0 Å². The van der Waals surface area contributed by atoms with Crippen molar-refractivity contribution in [2.45, 2.75) is 26.2 Å². The van der Waals surface area contributed by atoms with E-state index in [1.807, 2.05) is 18.7 Å². The van der Waals surface area contributed by atoms with Crippen LogP contribution in [-0.4, -0.2) is 59.2 Å². The van der Waals surface area contributed by atoms with Gasteiger partial charge in [0.1, 0.15) is 5.82 Å². The van der Waals surface area contributed by atoms with Crippen LogP contribution in [-0.2, 0) is 12.4 Å². The molecule has 198 valence electrons. The minimum absolute atomic E-state index is 0.0875. The van der Waals surface area contributed by atoms with Gasteiger partial charge in [-0.2, -0.15) is 41.3 Å². The Kier molecular flexibility index (Phi) is 7.42. The van der Waals surface area contributed by atoms with Crippen molar-refractivity contribution in [1.29, 1.82) is 0 Å². The second kappa shape index (κ2) is 10.4. The first kappa shape index (κ1) is 26.4. The Bertz CT molecular complexity index is 1220. The Hall–Kier alpha value is -3.64. The van der Waals surface area contributed by atoms with Crippen LogP contribution in [0.5, 0.6) is 0 Å². The third-order valence-corrected chi connectivity index (χ3v) is 6.06. The first-order valence-electron chi connectivity index (χ1n) is 11.7. The van der Waals surface area contributed by atoms with Crippen molar-refractivity contribution in [2.24, 2.45) is 0 Å². The van der Waals surface area contributed by atoms with Crippen LogP contribution in [0.1, 0.15) is 25.0 Å². The van der Waals surface area contributed by atoms with Crippen molar-refractivity contribution in [1.82, 2.24) is 19.9 Å². The van der Waals surface area contributed by atoms with Gasteiger partial charge in [0.2, 0.25) is 11.9 Å². The number of rotatable bonds is 6. The molecule has 4 rings (SSSR count). The van der Waals surface area contributed by atoms with Crippen LogP contribution >= 0.6 is 0 Å². The van der Waals surface area contributed by atoms with E-state index < -0.39 is 23.5 Å². The highest BCUT2D eigenvalue weighted by Crippen LogP contribution is 2.36. The molecule has 1 aromatic carbocycles. The quantitative estimate of drug-likeness (QED) is 0.413. The number of aromatic nitrogens is 4.